The lowest BCUT2D eigenvalue weighted by Gasteiger charge is -2.47. The average Bonchev–Trinajstić information content (AvgIpc) is 3.51. The van der Waals surface area contributed by atoms with Crippen LogP contribution in [0.15, 0.2) is 36.4 Å². The lowest BCUT2D eigenvalue weighted by molar-refractivity contribution is -0.295. The highest BCUT2D eigenvalue weighted by atomic mass is 16.7. The molecule has 3 fully saturated rings. The van der Waals surface area contributed by atoms with E-state index < -0.39 is 83.9 Å². The molecular weight excluding hydrogens is 718 g/mol. The number of rotatable bonds is 10. The van der Waals surface area contributed by atoms with Gasteiger partial charge < -0.3 is 38.6 Å². The number of Topliss-reactive ketones (excluding diaryl/α,β-unsaturated/α-hetero) is 2. The molecule has 0 unspecified atom stereocenters. The van der Waals surface area contributed by atoms with Gasteiger partial charge in [-0.1, -0.05) is 52.0 Å². The molecule has 1 amide bonds. The topological polar surface area (TPSA) is 154 Å². The molecule has 310 valence electrons. The first-order valence-corrected chi connectivity index (χ1v) is 20.3. The van der Waals surface area contributed by atoms with Crippen LogP contribution in [0.1, 0.15) is 86.3 Å². The monoisotopic (exact) mass is 781 g/mol. The molecule has 5 rings (SSSR count). The minimum Gasteiger partial charge on any atom is -0.458 e. The van der Waals surface area contributed by atoms with E-state index in [1.165, 1.54) is 14.0 Å². The van der Waals surface area contributed by atoms with Crippen molar-refractivity contribution >= 4 is 34.5 Å². The minimum atomic E-state index is -1.25. The van der Waals surface area contributed by atoms with Crippen molar-refractivity contribution in [1.29, 1.82) is 0 Å². The number of aromatic nitrogens is 1. The highest BCUT2D eigenvalue weighted by Crippen LogP contribution is 2.39. The molecule has 2 aromatic rings. The number of benzene rings is 1. The summed E-state index contributed by atoms with van der Waals surface area (Å²) >= 11 is 0. The Bertz CT molecular complexity index is 1700. The van der Waals surface area contributed by atoms with Crippen molar-refractivity contribution in [3.05, 3.63) is 42.1 Å². The van der Waals surface area contributed by atoms with E-state index >= 15 is 0 Å². The predicted molar refractivity (Wildman–Crippen MR) is 210 cm³/mol. The molecule has 0 aliphatic carbocycles. The van der Waals surface area contributed by atoms with Crippen LogP contribution in [-0.2, 0) is 44.5 Å². The predicted octanol–water partition coefficient (Wildman–Crippen LogP) is 5.37. The van der Waals surface area contributed by atoms with Gasteiger partial charge in [0.2, 0.25) is 0 Å². The van der Waals surface area contributed by atoms with E-state index in [4.69, 9.17) is 28.7 Å². The Hall–Kier alpha value is -3.49. The zero-order valence-corrected chi connectivity index (χ0v) is 34.8. The molecule has 56 heavy (non-hydrogen) atoms. The maximum atomic E-state index is 14.6. The van der Waals surface area contributed by atoms with Crippen molar-refractivity contribution in [1.82, 2.24) is 14.8 Å². The van der Waals surface area contributed by atoms with E-state index in [0.717, 1.165) is 23.0 Å². The van der Waals surface area contributed by atoms with Crippen LogP contribution in [-0.4, -0.2) is 126 Å². The fourth-order valence-corrected chi connectivity index (χ4v) is 9.00. The number of nitrogens with zero attached hydrogens (tertiary/aromatic N) is 3. The molecule has 13 heteroatoms. The fraction of sp³-hybridized carbons (Fsp3) is 0.698. The van der Waals surface area contributed by atoms with E-state index in [1.807, 2.05) is 70.1 Å². The van der Waals surface area contributed by atoms with Gasteiger partial charge in [0.05, 0.1) is 29.4 Å². The number of amides is 1. The van der Waals surface area contributed by atoms with Crippen molar-refractivity contribution in [3.63, 3.8) is 0 Å². The molecule has 4 heterocycles. The SMILES string of the molecule is CC[C@H]1OC(=O)[C@H](C)C(=O)[C@H](C)[C@@H](O[C@@H]2O[C@H](C)C[C@H](N(C)C)[C@H]2O)[C@](C)(OC)C[C@@H](C)C(=O)[C@H](C)[C@@H]2[C@@H]1OC(=O)N2CCCCc1ccc2ccccc2n1. The lowest BCUT2D eigenvalue weighted by atomic mass is 9.75. The normalized spacial score (nSPS) is 36.3. The number of esters is 1. The van der Waals surface area contributed by atoms with Gasteiger partial charge in [-0.05, 0) is 85.5 Å². The number of methoxy groups -OCH3 is 1. The Kier molecular flexibility index (Phi) is 14.3. The molecule has 0 saturated carbocycles. The van der Waals surface area contributed by atoms with E-state index in [0.29, 0.717) is 32.2 Å². The molecule has 13 atom stereocenters. The van der Waals surface area contributed by atoms with Gasteiger partial charge in [-0.25, -0.2) is 4.79 Å². The van der Waals surface area contributed by atoms with Crippen molar-refractivity contribution in [2.45, 2.75) is 141 Å². The number of ketones is 2. The second kappa shape index (κ2) is 18.4. The van der Waals surface area contributed by atoms with E-state index in [2.05, 4.69) is 6.07 Å². The summed E-state index contributed by atoms with van der Waals surface area (Å²) < 4.78 is 30.9. The van der Waals surface area contributed by atoms with Crippen LogP contribution in [0.2, 0.25) is 0 Å². The maximum Gasteiger partial charge on any atom is 0.410 e. The summed E-state index contributed by atoms with van der Waals surface area (Å²) in [6.45, 7) is 12.6. The van der Waals surface area contributed by atoms with Crippen molar-refractivity contribution in [2.75, 3.05) is 27.7 Å². The van der Waals surface area contributed by atoms with Crippen molar-refractivity contribution in [2.24, 2.45) is 23.7 Å². The van der Waals surface area contributed by atoms with Gasteiger partial charge in [-0.15, -0.1) is 0 Å². The zero-order chi connectivity index (χ0) is 41.1. The summed E-state index contributed by atoms with van der Waals surface area (Å²) in [7, 11) is 5.25. The Morgan fingerprint density at radius 1 is 0.964 bits per heavy atom. The van der Waals surface area contributed by atoms with Crippen LogP contribution in [0.3, 0.4) is 0 Å². The van der Waals surface area contributed by atoms with Gasteiger partial charge in [0.1, 0.15) is 23.9 Å². The number of likely N-dealkylation sites (N-methyl/N-ethyl adjacent to an activating group) is 1. The molecule has 1 aromatic carbocycles. The number of unbranched alkanes of at least 4 members (excludes halogenated alkanes) is 1. The van der Waals surface area contributed by atoms with Crippen LogP contribution in [0, 0.1) is 23.7 Å². The number of ether oxygens (including phenoxy) is 5. The summed E-state index contributed by atoms with van der Waals surface area (Å²) in [5.41, 5.74) is 0.633. The third-order valence-corrected chi connectivity index (χ3v) is 12.4. The first-order chi connectivity index (χ1) is 26.5. The number of carbonyl (C=O) groups excluding carboxylic acids is 4. The number of fused-ring (bicyclic) bond motifs is 2. The van der Waals surface area contributed by atoms with E-state index in [9.17, 15) is 24.3 Å². The largest absolute Gasteiger partial charge is 0.458 e. The summed E-state index contributed by atoms with van der Waals surface area (Å²) in [5.74, 6) is -4.81. The van der Waals surface area contributed by atoms with Crippen LogP contribution in [0.4, 0.5) is 4.79 Å². The first kappa shape index (κ1) is 43.6. The number of aliphatic hydroxyl groups is 1. The van der Waals surface area contributed by atoms with Crippen LogP contribution < -0.4 is 0 Å². The molecule has 13 nitrogen and oxygen atoms in total. The number of pyridine rings is 1. The molecule has 3 aliphatic rings. The number of aryl methyl sites for hydroxylation is 1. The number of hydrogen-bond donors (Lipinski definition) is 1. The smallest absolute Gasteiger partial charge is 0.410 e. The standard InChI is InChI=1S/C43H63N3O10/c1-11-33-38-34(46(42(51)55-38)21-15-14-17-30-20-19-29-16-12-13-18-31(29)44-30)26(4)35(47)24(2)23-43(7,52-10)39(27(5)36(48)28(6)40(50)54-33)56-41-37(49)32(45(8)9)22-25(3)53-41/h12-13,16,18-20,24-28,32-34,37-39,41,49H,11,14-15,17,21-23H2,1-10H3/t24-,25-,26-,27+,28-,32+,33-,34-,37-,38-,39-,41+,43-/m1/s1. The molecule has 1 N–H and O–H groups in total. The number of aliphatic hydroxyl groups excluding tert-OH is 1. The number of para-hydroxylation sites is 1. The molecule has 3 aliphatic heterocycles. The van der Waals surface area contributed by atoms with Gasteiger partial charge in [0, 0.05) is 48.5 Å². The maximum absolute atomic E-state index is 14.6. The van der Waals surface area contributed by atoms with Crippen LogP contribution in [0.25, 0.3) is 10.9 Å². The second-order valence-corrected chi connectivity index (χ2v) is 16.7. The quantitative estimate of drug-likeness (QED) is 0.187. The van der Waals surface area contributed by atoms with Gasteiger partial charge in [-0.3, -0.25) is 19.4 Å². The molecule has 0 bridgehead atoms. The summed E-state index contributed by atoms with van der Waals surface area (Å²) in [6, 6.07) is 11.0. The van der Waals surface area contributed by atoms with Crippen LogP contribution >= 0.6 is 0 Å². The highest BCUT2D eigenvalue weighted by molar-refractivity contribution is 6.00. The Morgan fingerprint density at radius 3 is 2.36 bits per heavy atom. The number of hydrogen-bond acceptors (Lipinski definition) is 12. The Balaban J connectivity index is 1.42. The van der Waals surface area contributed by atoms with E-state index in [1.54, 1.807) is 25.7 Å². The minimum absolute atomic E-state index is 0.133. The summed E-state index contributed by atoms with van der Waals surface area (Å²) in [4.78, 5) is 64.5. The van der Waals surface area contributed by atoms with Gasteiger partial charge in [0.15, 0.2) is 18.2 Å². The van der Waals surface area contributed by atoms with Crippen LogP contribution in [0.5, 0.6) is 0 Å². The Labute approximate surface area is 331 Å². The van der Waals surface area contributed by atoms with E-state index in [-0.39, 0.29) is 24.3 Å². The average molecular weight is 782 g/mol. The van der Waals surface area contributed by atoms with Crippen molar-refractivity contribution < 1.29 is 48.0 Å². The molecule has 0 radical (unpaired) electrons. The summed E-state index contributed by atoms with van der Waals surface area (Å²) in [5, 5.41) is 12.5. The lowest BCUT2D eigenvalue weighted by Crippen LogP contribution is -2.59. The third-order valence-electron chi connectivity index (χ3n) is 12.4. The zero-order valence-electron chi connectivity index (χ0n) is 34.8. The summed E-state index contributed by atoms with van der Waals surface area (Å²) in [6.07, 6.45) is -2.72. The highest BCUT2D eigenvalue weighted by Gasteiger charge is 2.54. The van der Waals surface area contributed by atoms with Gasteiger partial charge in [0.25, 0.3) is 0 Å². The first-order valence-electron chi connectivity index (χ1n) is 20.3. The molecular formula is C43H63N3O10. The molecule has 1 aromatic heterocycles. The van der Waals surface area contributed by atoms with Gasteiger partial charge in [-0.2, -0.15) is 0 Å². The molecule has 3 saturated heterocycles. The molecule has 0 spiro atoms. The number of carbonyl (C=O) groups is 4. The third kappa shape index (κ3) is 9.28. The Morgan fingerprint density at radius 2 is 1.68 bits per heavy atom. The van der Waals surface area contributed by atoms with Crippen molar-refractivity contribution in [3.8, 4) is 0 Å². The second-order valence-electron chi connectivity index (χ2n) is 16.7. The van der Waals surface area contributed by atoms with Gasteiger partial charge >= 0.3 is 12.1 Å². The fourth-order valence-electron chi connectivity index (χ4n) is 9.00. The number of cyclic esters (lactones) is 1.